The largest absolute Gasteiger partial charge is 0.490 e. The molecule has 0 radical (unpaired) electrons. The van der Waals surface area contributed by atoms with Crippen molar-refractivity contribution in [1.82, 2.24) is 0 Å². The number of ether oxygens (including phenoxy) is 2. The number of hydrogen-bond acceptors (Lipinski definition) is 5. The first-order chi connectivity index (χ1) is 10.1. The third-order valence-electron chi connectivity index (χ3n) is 2.65. The van der Waals surface area contributed by atoms with Crippen LogP contribution >= 0.6 is 22.9 Å². The Labute approximate surface area is 131 Å². The minimum atomic E-state index is 0.0209. The molecule has 0 aliphatic heterocycles. The van der Waals surface area contributed by atoms with Crippen LogP contribution in [0, 0.1) is 0 Å². The Morgan fingerprint density at radius 2 is 2.10 bits per heavy atom. The Balaban J connectivity index is 2.17. The van der Waals surface area contributed by atoms with Gasteiger partial charge in [-0.3, -0.25) is 0 Å². The highest BCUT2D eigenvalue weighted by Crippen LogP contribution is 2.30. The van der Waals surface area contributed by atoms with Crippen molar-refractivity contribution in [3.05, 3.63) is 45.1 Å². The Bertz CT molecular complexity index is 643. The van der Waals surface area contributed by atoms with Crippen molar-refractivity contribution >= 4 is 28.8 Å². The number of halogens is 1. The van der Waals surface area contributed by atoms with Crippen LogP contribution in [0.4, 0.5) is 0 Å². The maximum absolute atomic E-state index is 8.71. The third kappa shape index (κ3) is 4.03. The number of benzene rings is 1. The molecule has 3 N–H and O–H groups in total. The highest BCUT2D eigenvalue weighted by atomic mass is 35.5. The van der Waals surface area contributed by atoms with Gasteiger partial charge in [0.1, 0.15) is 6.61 Å². The summed E-state index contributed by atoms with van der Waals surface area (Å²) in [4.78, 5) is 1.02. The van der Waals surface area contributed by atoms with Crippen LogP contribution in [-0.2, 0) is 6.61 Å². The molecule has 2 rings (SSSR count). The van der Waals surface area contributed by atoms with Crippen LogP contribution in [0.3, 0.4) is 0 Å². The van der Waals surface area contributed by atoms with E-state index in [1.807, 2.05) is 19.1 Å². The van der Waals surface area contributed by atoms with Gasteiger partial charge < -0.3 is 20.4 Å². The predicted molar refractivity (Wildman–Crippen MR) is 83.8 cm³/mol. The van der Waals surface area contributed by atoms with Crippen molar-refractivity contribution < 1.29 is 14.7 Å². The molecule has 0 aliphatic rings. The number of hydrogen-bond donors (Lipinski definition) is 2. The first kappa shape index (κ1) is 15.5. The fourth-order valence-corrected chi connectivity index (χ4v) is 2.69. The average molecular weight is 327 g/mol. The first-order valence-corrected chi connectivity index (χ1v) is 7.45. The van der Waals surface area contributed by atoms with Crippen LogP contribution in [0.5, 0.6) is 11.5 Å². The smallest absolute Gasteiger partial charge is 0.170 e. The topological polar surface area (TPSA) is 77.1 Å². The fraction of sp³-hybridized carbons (Fsp3) is 0.214. The van der Waals surface area contributed by atoms with E-state index in [1.54, 1.807) is 18.2 Å². The van der Waals surface area contributed by atoms with Gasteiger partial charge in [-0.2, -0.15) is 0 Å². The van der Waals surface area contributed by atoms with Crippen LogP contribution in [-0.4, -0.2) is 17.6 Å². The second-order valence-electron chi connectivity index (χ2n) is 4.07. The zero-order valence-corrected chi connectivity index (χ0v) is 12.9. The van der Waals surface area contributed by atoms with Gasteiger partial charge in [0.15, 0.2) is 17.3 Å². The molecule has 112 valence electrons. The summed E-state index contributed by atoms with van der Waals surface area (Å²) in [7, 11) is 0. The summed E-state index contributed by atoms with van der Waals surface area (Å²) < 4.78 is 12.0. The number of nitrogens with zero attached hydrogens (tertiary/aromatic N) is 1. The molecule has 0 amide bonds. The van der Waals surface area contributed by atoms with Gasteiger partial charge in [-0.05, 0) is 37.3 Å². The normalized spacial score (nSPS) is 11.4. The molecule has 0 atom stereocenters. The summed E-state index contributed by atoms with van der Waals surface area (Å²) in [6, 6.07) is 8.85. The highest BCUT2D eigenvalue weighted by Gasteiger charge is 2.10. The Morgan fingerprint density at radius 1 is 1.29 bits per heavy atom. The van der Waals surface area contributed by atoms with Crippen molar-refractivity contribution in [3.8, 4) is 11.5 Å². The second kappa shape index (κ2) is 7.19. The van der Waals surface area contributed by atoms with E-state index in [0.717, 1.165) is 9.21 Å². The molecule has 0 bridgehead atoms. The molecule has 5 nitrogen and oxygen atoms in total. The lowest BCUT2D eigenvalue weighted by Gasteiger charge is -2.12. The molecule has 0 aliphatic carbocycles. The SMILES string of the molecule is CCOc1cc(C(N)=NO)ccc1OCc1ccc(Cl)s1. The summed E-state index contributed by atoms with van der Waals surface area (Å²) in [5.41, 5.74) is 6.13. The number of thiophene rings is 1. The molecule has 2 aromatic rings. The lowest BCUT2D eigenvalue weighted by atomic mass is 10.2. The average Bonchev–Trinajstić information content (AvgIpc) is 2.91. The summed E-state index contributed by atoms with van der Waals surface area (Å²) in [6.45, 7) is 2.76. The highest BCUT2D eigenvalue weighted by molar-refractivity contribution is 7.16. The monoisotopic (exact) mass is 326 g/mol. The van der Waals surface area contributed by atoms with Gasteiger partial charge >= 0.3 is 0 Å². The van der Waals surface area contributed by atoms with Crippen LogP contribution in [0.2, 0.25) is 4.34 Å². The van der Waals surface area contributed by atoms with Gasteiger partial charge in [0, 0.05) is 10.4 Å². The molecule has 1 aromatic carbocycles. The zero-order chi connectivity index (χ0) is 15.2. The molecule has 7 heteroatoms. The van der Waals surface area contributed by atoms with E-state index >= 15 is 0 Å². The van der Waals surface area contributed by atoms with Crippen molar-refractivity contribution in [2.24, 2.45) is 10.9 Å². The van der Waals surface area contributed by atoms with Gasteiger partial charge in [0.25, 0.3) is 0 Å². The molecule has 0 unspecified atom stereocenters. The molecule has 21 heavy (non-hydrogen) atoms. The van der Waals surface area contributed by atoms with Gasteiger partial charge in [-0.25, -0.2) is 0 Å². The zero-order valence-electron chi connectivity index (χ0n) is 11.4. The first-order valence-electron chi connectivity index (χ1n) is 6.25. The van der Waals surface area contributed by atoms with Crippen LogP contribution < -0.4 is 15.2 Å². The van der Waals surface area contributed by atoms with Gasteiger partial charge in [-0.15, -0.1) is 11.3 Å². The molecule has 1 heterocycles. The second-order valence-corrected chi connectivity index (χ2v) is 5.87. The molecule has 1 aromatic heterocycles. The molecular weight excluding hydrogens is 312 g/mol. The lowest BCUT2D eigenvalue weighted by Crippen LogP contribution is -2.13. The van der Waals surface area contributed by atoms with Gasteiger partial charge in [0.05, 0.1) is 10.9 Å². The number of oxime groups is 1. The van der Waals surface area contributed by atoms with Crippen LogP contribution in [0.25, 0.3) is 0 Å². The molecule has 0 saturated carbocycles. The van der Waals surface area contributed by atoms with Crippen molar-refractivity contribution in [2.75, 3.05) is 6.61 Å². The standard InChI is InChI=1S/C14H15ClN2O3S/c1-2-19-12-7-9(14(16)17-18)3-5-11(12)20-8-10-4-6-13(15)21-10/h3-7,18H,2,8H2,1H3,(H2,16,17). The number of amidine groups is 1. The summed E-state index contributed by atoms with van der Waals surface area (Å²) in [5.74, 6) is 1.16. The fourth-order valence-electron chi connectivity index (χ4n) is 1.69. The lowest BCUT2D eigenvalue weighted by molar-refractivity contribution is 0.271. The Kier molecular flexibility index (Phi) is 5.30. The van der Waals surface area contributed by atoms with Crippen LogP contribution in [0.1, 0.15) is 17.4 Å². The van der Waals surface area contributed by atoms with E-state index in [-0.39, 0.29) is 5.84 Å². The van der Waals surface area contributed by atoms with E-state index in [2.05, 4.69) is 5.16 Å². The molecular formula is C14H15ClN2O3S. The van der Waals surface area contributed by atoms with Crippen molar-refractivity contribution in [1.29, 1.82) is 0 Å². The van der Waals surface area contributed by atoms with E-state index < -0.39 is 0 Å². The van der Waals surface area contributed by atoms with Gasteiger partial charge in [-0.1, -0.05) is 16.8 Å². The summed E-state index contributed by atoms with van der Waals surface area (Å²) in [5, 5.41) is 11.7. The molecule has 0 fully saturated rings. The van der Waals surface area contributed by atoms with Gasteiger partial charge in [0.2, 0.25) is 0 Å². The maximum atomic E-state index is 8.71. The van der Waals surface area contributed by atoms with E-state index in [9.17, 15) is 0 Å². The Hall–Kier alpha value is -1.92. The minimum absolute atomic E-state index is 0.0209. The summed E-state index contributed by atoms with van der Waals surface area (Å²) in [6.07, 6.45) is 0. The van der Waals surface area contributed by atoms with E-state index in [0.29, 0.717) is 30.3 Å². The van der Waals surface area contributed by atoms with Crippen molar-refractivity contribution in [3.63, 3.8) is 0 Å². The summed E-state index contributed by atoms with van der Waals surface area (Å²) >= 11 is 7.35. The third-order valence-corrected chi connectivity index (χ3v) is 3.85. The predicted octanol–water partition coefficient (Wildman–Crippen LogP) is 3.47. The van der Waals surface area contributed by atoms with Crippen LogP contribution in [0.15, 0.2) is 35.5 Å². The molecule has 0 saturated heterocycles. The number of rotatable bonds is 6. The quantitative estimate of drug-likeness (QED) is 0.369. The van der Waals surface area contributed by atoms with E-state index in [4.69, 9.17) is 32.0 Å². The molecule has 0 spiro atoms. The maximum Gasteiger partial charge on any atom is 0.170 e. The minimum Gasteiger partial charge on any atom is -0.490 e. The van der Waals surface area contributed by atoms with E-state index in [1.165, 1.54) is 11.3 Å². The Morgan fingerprint density at radius 3 is 2.71 bits per heavy atom. The number of nitrogens with two attached hydrogens (primary N) is 1. The van der Waals surface area contributed by atoms with Crippen molar-refractivity contribution in [2.45, 2.75) is 13.5 Å².